The third-order valence-corrected chi connectivity index (χ3v) is 3.11. The molecule has 78 valence electrons. The fraction of sp³-hybridized carbons (Fsp3) is 1.00. The summed E-state index contributed by atoms with van der Waals surface area (Å²) in [4.78, 5) is 2.41. The van der Waals surface area contributed by atoms with Gasteiger partial charge < -0.3 is 15.7 Å². The maximum absolute atomic E-state index is 9.19. The number of aliphatic hydroxyl groups excluding tert-OH is 1. The first-order chi connectivity index (χ1) is 6.10. The Labute approximate surface area is 80.9 Å². The predicted molar refractivity (Wildman–Crippen MR) is 54.5 cm³/mol. The average Bonchev–Trinajstić information content (AvgIpc) is 2.36. The average molecular weight is 186 g/mol. The van der Waals surface area contributed by atoms with Gasteiger partial charge >= 0.3 is 0 Å². The van der Waals surface area contributed by atoms with E-state index in [4.69, 9.17) is 5.73 Å². The van der Waals surface area contributed by atoms with Crippen molar-refractivity contribution < 1.29 is 5.11 Å². The molecule has 0 aromatic carbocycles. The summed E-state index contributed by atoms with van der Waals surface area (Å²) in [7, 11) is 0. The molecule has 1 fully saturated rings. The van der Waals surface area contributed by atoms with Crippen LogP contribution >= 0.6 is 0 Å². The van der Waals surface area contributed by atoms with Crippen LogP contribution in [0.5, 0.6) is 0 Å². The quantitative estimate of drug-likeness (QED) is 0.663. The van der Waals surface area contributed by atoms with Crippen LogP contribution in [0.25, 0.3) is 0 Å². The van der Waals surface area contributed by atoms with Crippen LogP contribution < -0.4 is 5.73 Å². The lowest BCUT2D eigenvalue weighted by Crippen LogP contribution is -2.26. The van der Waals surface area contributed by atoms with Gasteiger partial charge in [0.15, 0.2) is 0 Å². The van der Waals surface area contributed by atoms with Crippen LogP contribution in [0.4, 0.5) is 0 Å². The Morgan fingerprint density at radius 1 is 1.54 bits per heavy atom. The molecule has 1 rings (SSSR count). The first kappa shape index (κ1) is 11.0. The van der Waals surface area contributed by atoms with Gasteiger partial charge in [0.1, 0.15) is 0 Å². The van der Waals surface area contributed by atoms with E-state index < -0.39 is 0 Å². The summed E-state index contributed by atoms with van der Waals surface area (Å²) in [6.45, 7) is 8.75. The molecule has 0 aliphatic carbocycles. The fourth-order valence-corrected chi connectivity index (χ4v) is 2.12. The minimum atomic E-state index is 0.267. The molecule has 0 aromatic rings. The summed E-state index contributed by atoms with van der Waals surface area (Å²) >= 11 is 0. The van der Waals surface area contributed by atoms with Gasteiger partial charge in [-0.05, 0) is 24.9 Å². The summed E-state index contributed by atoms with van der Waals surface area (Å²) in [6.07, 6.45) is 1.06. The monoisotopic (exact) mass is 186 g/mol. The molecule has 1 saturated heterocycles. The van der Waals surface area contributed by atoms with Gasteiger partial charge in [-0.15, -0.1) is 0 Å². The number of likely N-dealkylation sites (tertiary alicyclic amines) is 1. The number of hydrogen-bond acceptors (Lipinski definition) is 3. The molecular formula is C10H22N2O. The van der Waals surface area contributed by atoms with Crippen LogP contribution in [0.1, 0.15) is 20.3 Å². The van der Waals surface area contributed by atoms with E-state index in [2.05, 4.69) is 18.7 Å². The molecule has 0 amide bonds. The van der Waals surface area contributed by atoms with Gasteiger partial charge in [-0.3, -0.25) is 0 Å². The lowest BCUT2D eigenvalue weighted by molar-refractivity contribution is 0.161. The van der Waals surface area contributed by atoms with Gasteiger partial charge in [-0.25, -0.2) is 0 Å². The van der Waals surface area contributed by atoms with Gasteiger partial charge in [0, 0.05) is 25.6 Å². The largest absolute Gasteiger partial charge is 0.396 e. The van der Waals surface area contributed by atoms with Gasteiger partial charge in [0.25, 0.3) is 0 Å². The van der Waals surface area contributed by atoms with E-state index in [-0.39, 0.29) is 5.41 Å². The molecule has 0 spiro atoms. The Morgan fingerprint density at radius 3 is 2.69 bits per heavy atom. The highest BCUT2D eigenvalue weighted by atomic mass is 16.3. The van der Waals surface area contributed by atoms with Crippen LogP contribution in [-0.4, -0.2) is 42.8 Å². The maximum atomic E-state index is 9.19. The van der Waals surface area contributed by atoms with E-state index in [0.29, 0.717) is 12.5 Å². The third kappa shape index (κ3) is 2.66. The van der Waals surface area contributed by atoms with Crippen molar-refractivity contribution in [2.75, 3.05) is 32.8 Å². The molecule has 13 heavy (non-hydrogen) atoms. The lowest BCUT2D eigenvalue weighted by Gasteiger charge is -2.23. The topological polar surface area (TPSA) is 49.5 Å². The summed E-state index contributed by atoms with van der Waals surface area (Å²) in [5.41, 5.74) is 5.73. The minimum absolute atomic E-state index is 0.267. The van der Waals surface area contributed by atoms with E-state index in [1.807, 2.05) is 0 Å². The summed E-state index contributed by atoms with van der Waals surface area (Å²) < 4.78 is 0. The minimum Gasteiger partial charge on any atom is -0.396 e. The molecule has 0 unspecified atom stereocenters. The van der Waals surface area contributed by atoms with Crippen LogP contribution in [-0.2, 0) is 0 Å². The van der Waals surface area contributed by atoms with Crippen molar-refractivity contribution in [2.45, 2.75) is 20.3 Å². The Bertz CT molecular complexity index is 159. The lowest BCUT2D eigenvalue weighted by atomic mass is 9.83. The summed E-state index contributed by atoms with van der Waals surface area (Å²) in [6, 6.07) is 0. The van der Waals surface area contributed by atoms with Gasteiger partial charge in [0.2, 0.25) is 0 Å². The highest BCUT2D eigenvalue weighted by Crippen LogP contribution is 2.34. The molecule has 1 aliphatic rings. The van der Waals surface area contributed by atoms with E-state index in [0.717, 1.165) is 32.6 Å². The molecular weight excluding hydrogens is 164 g/mol. The van der Waals surface area contributed by atoms with Gasteiger partial charge in [0.05, 0.1) is 0 Å². The third-order valence-electron chi connectivity index (χ3n) is 3.11. The molecule has 1 aliphatic heterocycles. The molecule has 0 saturated carbocycles. The van der Waals surface area contributed by atoms with E-state index in [9.17, 15) is 5.11 Å². The van der Waals surface area contributed by atoms with Crippen LogP contribution in [0.3, 0.4) is 0 Å². The highest BCUT2D eigenvalue weighted by Gasteiger charge is 2.38. The van der Waals surface area contributed by atoms with Gasteiger partial charge in [-0.1, -0.05) is 13.8 Å². The fourth-order valence-electron chi connectivity index (χ4n) is 2.12. The Kier molecular flexibility index (Phi) is 3.71. The normalized spacial score (nSPS) is 28.2. The Balaban J connectivity index is 2.39. The first-order valence-electron chi connectivity index (χ1n) is 5.13. The predicted octanol–water partition coefficient (Wildman–Crippen LogP) is 0.286. The molecule has 1 atom stereocenters. The van der Waals surface area contributed by atoms with E-state index >= 15 is 0 Å². The van der Waals surface area contributed by atoms with Crippen molar-refractivity contribution in [3.63, 3.8) is 0 Å². The van der Waals surface area contributed by atoms with Crippen LogP contribution in [0, 0.1) is 11.3 Å². The van der Waals surface area contributed by atoms with Crippen molar-refractivity contribution in [3.05, 3.63) is 0 Å². The maximum Gasteiger partial charge on any atom is 0.0477 e. The molecule has 0 bridgehead atoms. The molecule has 0 radical (unpaired) electrons. The summed E-state index contributed by atoms with van der Waals surface area (Å²) in [5.74, 6) is 0.435. The van der Waals surface area contributed by atoms with Crippen molar-refractivity contribution in [2.24, 2.45) is 17.1 Å². The van der Waals surface area contributed by atoms with Crippen molar-refractivity contribution in [1.29, 1.82) is 0 Å². The highest BCUT2D eigenvalue weighted by molar-refractivity contribution is 4.90. The molecule has 3 heteroatoms. The molecule has 3 N–H and O–H groups in total. The van der Waals surface area contributed by atoms with Gasteiger partial charge in [-0.2, -0.15) is 0 Å². The number of nitrogens with zero attached hydrogens (tertiary/aromatic N) is 1. The second-order valence-corrected chi connectivity index (χ2v) is 4.75. The van der Waals surface area contributed by atoms with Crippen molar-refractivity contribution in [1.82, 2.24) is 4.90 Å². The number of nitrogens with two attached hydrogens (primary N) is 1. The SMILES string of the molecule is CC1(C)CN(CCCN)C[C@@H]1CO. The zero-order valence-electron chi connectivity index (χ0n) is 8.79. The number of aliphatic hydroxyl groups is 1. The number of hydrogen-bond donors (Lipinski definition) is 2. The summed E-state index contributed by atoms with van der Waals surface area (Å²) in [5, 5.41) is 9.19. The van der Waals surface area contributed by atoms with Crippen LogP contribution in [0.2, 0.25) is 0 Å². The number of rotatable bonds is 4. The van der Waals surface area contributed by atoms with Crippen LogP contribution in [0.15, 0.2) is 0 Å². The van der Waals surface area contributed by atoms with Crippen molar-refractivity contribution in [3.8, 4) is 0 Å². The standard InChI is InChI=1S/C10H22N2O/c1-10(2)8-12(5-3-4-11)6-9(10)7-13/h9,13H,3-8,11H2,1-2H3/t9-/m1/s1. The van der Waals surface area contributed by atoms with E-state index in [1.165, 1.54) is 0 Å². The molecule has 1 heterocycles. The molecule has 3 nitrogen and oxygen atoms in total. The Morgan fingerprint density at radius 2 is 2.23 bits per heavy atom. The first-order valence-corrected chi connectivity index (χ1v) is 5.13. The molecule has 0 aromatic heterocycles. The second-order valence-electron chi connectivity index (χ2n) is 4.75. The zero-order valence-corrected chi connectivity index (χ0v) is 8.79. The van der Waals surface area contributed by atoms with Crippen molar-refractivity contribution >= 4 is 0 Å². The van der Waals surface area contributed by atoms with E-state index in [1.54, 1.807) is 0 Å². The Hall–Kier alpha value is -0.120. The zero-order chi connectivity index (χ0) is 9.90. The second kappa shape index (κ2) is 4.40. The smallest absolute Gasteiger partial charge is 0.0477 e.